The molecule has 0 saturated heterocycles. The highest BCUT2D eigenvalue weighted by molar-refractivity contribution is 8.00. The van der Waals surface area contributed by atoms with Gasteiger partial charge in [-0.2, -0.15) is 5.10 Å². The molecule has 0 spiro atoms. The Morgan fingerprint density at radius 2 is 1.96 bits per heavy atom. The first-order valence-electron chi connectivity index (χ1n) is 8.54. The summed E-state index contributed by atoms with van der Waals surface area (Å²) in [6.07, 6.45) is 1.73. The molecular formula is C20H17N3O4S. The lowest BCUT2D eigenvalue weighted by atomic mass is 10.1. The number of carbonyl (C=O) groups is 2. The first kappa shape index (κ1) is 18.1. The number of para-hydroxylation sites is 1. The fourth-order valence-corrected chi connectivity index (χ4v) is 4.29. The smallest absolute Gasteiger partial charge is 0.335 e. The normalized spacial score (nSPS) is 16.0. The van der Waals surface area contributed by atoms with E-state index in [9.17, 15) is 9.59 Å². The van der Waals surface area contributed by atoms with Gasteiger partial charge in [-0.3, -0.25) is 4.79 Å². The van der Waals surface area contributed by atoms with Crippen LogP contribution in [-0.4, -0.2) is 39.6 Å². The van der Waals surface area contributed by atoms with Crippen LogP contribution in [0.3, 0.4) is 0 Å². The number of nitrogens with zero attached hydrogens (tertiary/aromatic N) is 2. The molecule has 2 aromatic carbocycles. The van der Waals surface area contributed by atoms with Gasteiger partial charge in [-0.1, -0.05) is 18.2 Å². The summed E-state index contributed by atoms with van der Waals surface area (Å²) < 4.78 is 7.12. The molecule has 4 rings (SSSR count). The highest BCUT2D eigenvalue weighted by Gasteiger charge is 2.29. The lowest BCUT2D eigenvalue weighted by Crippen LogP contribution is -2.15. The molecule has 142 valence electrons. The van der Waals surface area contributed by atoms with Crippen LogP contribution in [0.25, 0.3) is 5.69 Å². The van der Waals surface area contributed by atoms with E-state index in [1.807, 2.05) is 24.3 Å². The second-order valence-corrected chi connectivity index (χ2v) is 7.29. The summed E-state index contributed by atoms with van der Waals surface area (Å²) in [5.41, 5.74) is 2.68. The summed E-state index contributed by atoms with van der Waals surface area (Å²) in [5.74, 6) is 0.516. The zero-order chi connectivity index (χ0) is 19.7. The lowest BCUT2D eigenvalue weighted by molar-refractivity contribution is -0.113. The molecule has 1 aromatic heterocycles. The number of rotatable bonds is 4. The van der Waals surface area contributed by atoms with Crippen molar-refractivity contribution in [2.75, 3.05) is 18.2 Å². The van der Waals surface area contributed by atoms with E-state index in [1.54, 1.807) is 30.1 Å². The Bertz CT molecular complexity index is 1050. The van der Waals surface area contributed by atoms with Gasteiger partial charge in [0.2, 0.25) is 5.91 Å². The van der Waals surface area contributed by atoms with Gasteiger partial charge in [-0.15, -0.1) is 11.8 Å². The van der Waals surface area contributed by atoms with Crippen LogP contribution in [-0.2, 0) is 4.79 Å². The first-order chi connectivity index (χ1) is 13.6. The van der Waals surface area contributed by atoms with E-state index in [4.69, 9.17) is 9.84 Å². The Morgan fingerprint density at radius 3 is 2.68 bits per heavy atom. The number of ether oxygens (including phenoxy) is 1. The van der Waals surface area contributed by atoms with Gasteiger partial charge in [0.05, 0.1) is 35.6 Å². The van der Waals surface area contributed by atoms with Crippen LogP contribution >= 0.6 is 11.8 Å². The van der Waals surface area contributed by atoms with E-state index >= 15 is 0 Å². The minimum absolute atomic E-state index is 0.118. The number of hydrogen-bond acceptors (Lipinski definition) is 5. The number of amides is 1. The molecule has 1 aliphatic rings. The number of benzene rings is 2. The Kier molecular flexibility index (Phi) is 4.79. The standard InChI is InChI=1S/C20H17N3O4S/c1-27-16-5-3-2-4-14(16)18-15-10-21-23(19(15)22-17(24)11-28-18)13-8-6-12(7-9-13)20(25)26/h2-10,18H,11H2,1H3,(H,22,24)(H,25,26)/t18-/m1/s1. The summed E-state index contributed by atoms with van der Waals surface area (Å²) in [7, 11) is 1.62. The molecule has 2 heterocycles. The number of methoxy groups -OCH3 is 1. The maximum atomic E-state index is 12.3. The zero-order valence-electron chi connectivity index (χ0n) is 15.0. The topological polar surface area (TPSA) is 93.5 Å². The molecule has 0 bridgehead atoms. The third kappa shape index (κ3) is 3.22. The SMILES string of the molecule is COc1ccccc1[C@H]1SCC(=O)Nc2c1cnn2-c1ccc(C(=O)O)cc1. The fourth-order valence-electron chi connectivity index (χ4n) is 3.18. The average Bonchev–Trinajstić information content (AvgIpc) is 3.04. The van der Waals surface area contributed by atoms with Crippen molar-refractivity contribution in [1.82, 2.24) is 9.78 Å². The molecule has 28 heavy (non-hydrogen) atoms. The molecule has 1 atom stereocenters. The largest absolute Gasteiger partial charge is 0.496 e. The minimum Gasteiger partial charge on any atom is -0.496 e. The molecule has 2 N–H and O–H groups in total. The van der Waals surface area contributed by atoms with Gasteiger partial charge in [-0.25, -0.2) is 9.48 Å². The van der Waals surface area contributed by atoms with Crippen LogP contribution < -0.4 is 10.1 Å². The van der Waals surface area contributed by atoms with Gasteiger partial charge < -0.3 is 15.2 Å². The molecule has 7 nitrogen and oxygen atoms in total. The van der Waals surface area contributed by atoms with E-state index in [0.717, 1.165) is 16.9 Å². The second-order valence-electron chi connectivity index (χ2n) is 6.19. The van der Waals surface area contributed by atoms with Crippen molar-refractivity contribution in [3.8, 4) is 11.4 Å². The fraction of sp³-hybridized carbons (Fsp3) is 0.150. The molecule has 0 aliphatic carbocycles. The average molecular weight is 395 g/mol. The van der Waals surface area contributed by atoms with Crippen molar-refractivity contribution >= 4 is 29.5 Å². The monoisotopic (exact) mass is 395 g/mol. The van der Waals surface area contributed by atoms with Crippen molar-refractivity contribution in [3.05, 3.63) is 71.4 Å². The van der Waals surface area contributed by atoms with Gasteiger partial charge in [0.25, 0.3) is 0 Å². The molecule has 0 saturated carbocycles. The number of carboxylic acid groups (broad SMARTS) is 1. The van der Waals surface area contributed by atoms with Crippen molar-refractivity contribution < 1.29 is 19.4 Å². The van der Waals surface area contributed by atoms with Gasteiger partial charge in [0, 0.05) is 11.1 Å². The molecule has 3 aromatic rings. The second kappa shape index (κ2) is 7.40. The molecule has 8 heteroatoms. The number of anilines is 1. The summed E-state index contributed by atoms with van der Waals surface area (Å²) in [6, 6.07) is 14.1. The summed E-state index contributed by atoms with van der Waals surface area (Å²) >= 11 is 1.51. The maximum Gasteiger partial charge on any atom is 0.335 e. The first-order valence-corrected chi connectivity index (χ1v) is 9.59. The Balaban J connectivity index is 1.81. The van der Waals surface area contributed by atoms with Crippen LogP contribution in [0.4, 0.5) is 5.82 Å². The zero-order valence-corrected chi connectivity index (χ0v) is 15.8. The number of aromatic carboxylic acids is 1. The highest BCUT2D eigenvalue weighted by atomic mass is 32.2. The van der Waals surface area contributed by atoms with Crippen LogP contribution in [0.15, 0.2) is 54.7 Å². The summed E-state index contributed by atoms with van der Waals surface area (Å²) in [4.78, 5) is 23.4. The van der Waals surface area contributed by atoms with E-state index in [1.165, 1.54) is 23.9 Å². The molecule has 0 fully saturated rings. The van der Waals surface area contributed by atoms with Crippen molar-refractivity contribution in [3.63, 3.8) is 0 Å². The number of nitrogens with one attached hydrogen (secondary N) is 1. The number of hydrogen-bond donors (Lipinski definition) is 2. The van der Waals surface area contributed by atoms with Gasteiger partial charge in [-0.05, 0) is 30.3 Å². The minimum atomic E-state index is -0.994. The van der Waals surface area contributed by atoms with Crippen molar-refractivity contribution in [2.24, 2.45) is 0 Å². The van der Waals surface area contributed by atoms with Gasteiger partial charge in [0.15, 0.2) is 0 Å². The third-order valence-electron chi connectivity index (χ3n) is 4.50. The number of carboxylic acids is 1. The molecule has 0 unspecified atom stereocenters. The molecule has 1 amide bonds. The maximum absolute atomic E-state index is 12.3. The van der Waals surface area contributed by atoms with E-state index in [-0.39, 0.29) is 16.7 Å². The predicted octanol–water partition coefficient (Wildman–Crippen LogP) is 3.35. The van der Waals surface area contributed by atoms with E-state index < -0.39 is 5.97 Å². The lowest BCUT2D eigenvalue weighted by Gasteiger charge is -2.17. The molecule has 1 aliphatic heterocycles. The summed E-state index contributed by atoms with van der Waals surface area (Å²) in [6.45, 7) is 0. The highest BCUT2D eigenvalue weighted by Crippen LogP contribution is 2.44. The number of fused-ring (bicyclic) bond motifs is 1. The Labute approximate surface area is 165 Å². The van der Waals surface area contributed by atoms with Crippen LogP contribution in [0.2, 0.25) is 0 Å². The molecular weight excluding hydrogens is 378 g/mol. The molecule has 0 radical (unpaired) electrons. The summed E-state index contributed by atoms with van der Waals surface area (Å²) in [5, 5.41) is 16.3. The van der Waals surface area contributed by atoms with Crippen LogP contribution in [0.5, 0.6) is 5.75 Å². The van der Waals surface area contributed by atoms with Gasteiger partial charge >= 0.3 is 5.97 Å². The Hall–Kier alpha value is -3.26. The Morgan fingerprint density at radius 1 is 1.21 bits per heavy atom. The van der Waals surface area contributed by atoms with E-state index in [2.05, 4.69) is 10.4 Å². The third-order valence-corrected chi connectivity index (χ3v) is 5.77. The quantitative estimate of drug-likeness (QED) is 0.704. The van der Waals surface area contributed by atoms with Crippen molar-refractivity contribution in [2.45, 2.75) is 5.25 Å². The van der Waals surface area contributed by atoms with E-state index in [0.29, 0.717) is 17.3 Å². The van der Waals surface area contributed by atoms with Gasteiger partial charge in [0.1, 0.15) is 11.6 Å². The van der Waals surface area contributed by atoms with Crippen LogP contribution in [0.1, 0.15) is 26.7 Å². The number of aromatic nitrogens is 2. The van der Waals surface area contributed by atoms with Crippen LogP contribution in [0, 0.1) is 0 Å². The van der Waals surface area contributed by atoms with Crippen molar-refractivity contribution in [1.29, 1.82) is 0 Å². The predicted molar refractivity (Wildman–Crippen MR) is 106 cm³/mol. The number of thioether (sulfide) groups is 1. The number of carbonyl (C=O) groups excluding carboxylic acids is 1.